The summed E-state index contributed by atoms with van der Waals surface area (Å²) < 4.78 is 5.36. The Labute approximate surface area is 159 Å². The average molecular weight is 364 g/mol. The van der Waals surface area contributed by atoms with Crippen molar-refractivity contribution in [3.63, 3.8) is 0 Å². The maximum atomic E-state index is 12.4. The number of benzene rings is 2. The van der Waals surface area contributed by atoms with Gasteiger partial charge < -0.3 is 15.0 Å². The van der Waals surface area contributed by atoms with Gasteiger partial charge in [0, 0.05) is 29.9 Å². The Morgan fingerprint density at radius 2 is 1.63 bits per heavy atom. The number of Topliss-reactive ketones (excluding diaryl/α,β-unsaturated/α-hetero) is 1. The number of anilines is 1. The summed E-state index contributed by atoms with van der Waals surface area (Å²) in [5, 5.41) is 2.75. The van der Waals surface area contributed by atoms with E-state index in [-0.39, 0.29) is 18.2 Å². The highest BCUT2D eigenvalue weighted by atomic mass is 16.5. The lowest BCUT2D eigenvalue weighted by Gasteiger charge is -2.28. The molecular formula is C22H24N2O3. The molecule has 0 saturated carbocycles. The van der Waals surface area contributed by atoms with Gasteiger partial charge in [-0.05, 0) is 66.8 Å². The van der Waals surface area contributed by atoms with Crippen molar-refractivity contribution >= 4 is 17.4 Å². The molecule has 1 fully saturated rings. The fourth-order valence-electron chi connectivity index (χ4n) is 3.76. The summed E-state index contributed by atoms with van der Waals surface area (Å²) in [4.78, 5) is 27.0. The first kappa shape index (κ1) is 17.7. The van der Waals surface area contributed by atoms with Crippen molar-refractivity contribution in [1.82, 2.24) is 5.32 Å². The highest BCUT2D eigenvalue weighted by Gasteiger charge is 2.16. The molecule has 4 rings (SSSR count). The molecule has 2 aromatic rings. The summed E-state index contributed by atoms with van der Waals surface area (Å²) >= 11 is 0. The van der Waals surface area contributed by atoms with Crippen LogP contribution in [0.15, 0.2) is 42.5 Å². The Kier molecular flexibility index (Phi) is 5.21. The van der Waals surface area contributed by atoms with E-state index in [0.717, 1.165) is 51.3 Å². The molecule has 0 unspecified atom stereocenters. The monoisotopic (exact) mass is 364 g/mol. The molecule has 2 aliphatic rings. The van der Waals surface area contributed by atoms with E-state index in [1.807, 2.05) is 42.5 Å². The third-order valence-corrected chi connectivity index (χ3v) is 5.34. The van der Waals surface area contributed by atoms with Gasteiger partial charge in [0.2, 0.25) is 0 Å². The van der Waals surface area contributed by atoms with E-state index in [0.29, 0.717) is 11.1 Å². The third-order valence-electron chi connectivity index (χ3n) is 5.34. The molecule has 1 aliphatic heterocycles. The molecule has 0 radical (unpaired) electrons. The van der Waals surface area contributed by atoms with Crippen molar-refractivity contribution in [1.29, 1.82) is 0 Å². The number of fused-ring (bicyclic) bond motifs is 1. The van der Waals surface area contributed by atoms with Crippen LogP contribution in [0.4, 0.5) is 5.69 Å². The van der Waals surface area contributed by atoms with Crippen LogP contribution in [0.5, 0.6) is 0 Å². The van der Waals surface area contributed by atoms with Gasteiger partial charge in [0.15, 0.2) is 5.78 Å². The fraction of sp³-hybridized carbons (Fsp3) is 0.364. The number of hydrogen-bond acceptors (Lipinski definition) is 4. The highest BCUT2D eigenvalue weighted by molar-refractivity contribution is 6.02. The topological polar surface area (TPSA) is 58.6 Å². The molecule has 2 aromatic carbocycles. The number of ether oxygens (including phenoxy) is 1. The third kappa shape index (κ3) is 4.03. The highest BCUT2D eigenvalue weighted by Crippen LogP contribution is 2.22. The van der Waals surface area contributed by atoms with Gasteiger partial charge in [-0.3, -0.25) is 9.59 Å². The van der Waals surface area contributed by atoms with E-state index in [9.17, 15) is 9.59 Å². The van der Waals surface area contributed by atoms with Gasteiger partial charge in [0.05, 0.1) is 19.8 Å². The molecule has 5 nitrogen and oxygen atoms in total. The Bertz CT molecular complexity index is 839. The molecule has 1 aliphatic carbocycles. The molecule has 1 N–H and O–H groups in total. The maximum Gasteiger partial charge on any atom is 0.251 e. The number of amides is 1. The summed E-state index contributed by atoms with van der Waals surface area (Å²) in [6, 6.07) is 13.4. The molecule has 0 bridgehead atoms. The summed E-state index contributed by atoms with van der Waals surface area (Å²) in [6.07, 6.45) is 3.28. The number of ketones is 1. The van der Waals surface area contributed by atoms with Gasteiger partial charge in [-0.1, -0.05) is 6.07 Å². The predicted molar refractivity (Wildman–Crippen MR) is 105 cm³/mol. The van der Waals surface area contributed by atoms with Crippen LogP contribution in [-0.2, 0) is 17.6 Å². The first-order valence-corrected chi connectivity index (χ1v) is 9.57. The largest absolute Gasteiger partial charge is 0.378 e. The van der Waals surface area contributed by atoms with Gasteiger partial charge in [0.25, 0.3) is 5.91 Å². The minimum absolute atomic E-state index is 0.00676. The number of morpholine rings is 1. The van der Waals surface area contributed by atoms with Crippen LogP contribution >= 0.6 is 0 Å². The Morgan fingerprint density at radius 3 is 2.41 bits per heavy atom. The number of carbonyl (C=O) groups excluding carboxylic acids is 2. The molecule has 1 amide bonds. The molecule has 0 aromatic heterocycles. The van der Waals surface area contributed by atoms with Crippen molar-refractivity contribution in [2.24, 2.45) is 0 Å². The second kappa shape index (κ2) is 7.92. The van der Waals surface area contributed by atoms with E-state index in [1.165, 1.54) is 11.1 Å². The minimum atomic E-state index is -0.192. The maximum absolute atomic E-state index is 12.4. The average Bonchev–Trinajstić information content (AvgIpc) is 3.20. The lowest BCUT2D eigenvalue weighted by atomic mass is 10.1. The fourth-order valence-corrected chi connectivity index (χ4v) is 3.76. The van der Waals surface area contributed by atoms with Crippen LogP contribution in [0.25, 0.3) is 0 Å². The van der Waals surface area contributed by atoms with E-state index in [1.54, 1.807) is 0 Å². The van der Waals surface area contributed by atoms with E-state index in [4.69, 9.17) is 4.74 Å². The van der Waals surface area contributed by atoms with Crippen molar-refractivity contribution < 1.29 is 14.3 Å². The van der Waals surface area contributed by atoms with Crippen LogP contribution in [-0.4, -0.2) is 44.5 Å². The first-order valence-electron chi connectivity index (χ1n) is 9.57. The van der Waals surface area contributed by atoms with Gasteiger partial charge in [-0.15, -0.1) is 0 Å². The Morgan fingerprint density at radius 1 is 0.926 bits per heavy atom. The summed E-state index contributed by atoms with van der Waals surface area (Å²) in [5.41, 5.74) is 4.93. The minimum Gasteiger partial charge on any atom is -0.378 e. The molecule has 0 atom stereocenters. The number of nitrogens with zero attached hydrogens (tertiary/aromatic N) is 1. The molecule has 5 heteroatoms. The normalized spacial score (nSPS) is 16.1. The van der Waals surface area contributed by atoms with Crippen LogP contribution in [0.2, 0.25) is 0 Å². The zero-order chi connectivity index (χ0) is 18.6. The molecule has 140 valence electrons. The van der Waals surface area contributed by atoms with Gasteiger partial charge in [-0.2, -0.15) is 0 Å². The molecule has 27 heavy (non-hydrogen) atoms. The van der Waals surface area contributed by atoms with Gasteiger partial charge >= 0.3 is 0 Å². The lowest BCUT2D eigenvalue weighted by Crippen LogP contribution is -2.36. The van der Waals surface area contributed by atoms with Crippen molar-refractivity contribution in [2.75, 3.05) is 37.7 Å². The van der Waals surface area contributed by atoms with E-state index >= 15 is 0 Å². The summed E-state index contributed by atoms with van der Waals surface area (Å²) in [5.74, 6) is -0.277. The zero-order valence-corrected chi connectivity index (χ0v) is 15.4. The summed E-state index contributed by atoms with van der Waals surface area (Å²) in [7, 11) is 0. The lowest BCUT2D eigenvalue weighted by molar-refractivity contribution is 0.0904. The number of aryl methyl sites for hydroxylation is 2. The van der Waals surface area contributed by atoms with Crippen LogP contribution in [0.1, 0.15) is 38.3 Å². The quantitative estimate of drug-likeness (QED) is 0.829. The van der Waals surface area contributed by atoms with E-state index in [2.05, 4.69) is 10.2 Å². The number of hydrogen-bond donors (Lipinski definition) is 1. The zero-order valence-electron chi connectivity index (χ0n) is 15.4. The molecular weight excluding hydrogens is 340 g/mol. The van der Waals surface area contributed by atoms with E-state index < -0.39 is 0 Å². The van der Waals surface area contributed by atoms with Crippen molar-refractivity contribution in [2.45, 2.75) is 19.3 Å². The number of rotatable bonds is 5. The second-order valence-corrected chi connectivity index (χ2v) is 7.09. The molecule has 1 heterocycles. The smallest absolute Gasteiger partial charge is 0.251 e. The predicted octanol–water partition coefficient (Wildman–Crippen LogP) is 2.62. The number of nitrogens with one attached hydrogen (secondary N) is 1. The molecule has 0 spiro atoms. The van der Waals surface area contributed by atoms with Crippen molar-refractivity contribution in [3.8, 4) is 0 Å². The first-order chi connectivity index (χ1) is 13.2. The number of carbonyl (C=O) groups is 2. The van der Waals surface area contributed by atoms with Crippen LogP contribution in [0, 0.1) is 0 Å². The van der Waals surface area contributed by atoms with Gasteiger partial charge in [0.1, 0.15) is 0 Å². The Balaban J connectivity index is 1.34. The van der Waals surface area contributed by atoms with Crippen molar-refractivity contribution in [3.05, 3.63) is 64.7 Å². The SMILES string of the molecule is O=C(CNC(=O)c1ccc2c(c1)CCC2)c1ccc(N2CCOCC2)cc1. The second-order valence-electron chi connectivity index (χ2n) is 7.09. The summed E-state index contributed by atoms with van der Waals surface area (Å²) in [6.45, 7) is 3.20. The Hall–Kier alpha value is -2.66. The molecule has 1 saturated heterocycles. The van der Waals surface area contributed by atoms with Crippen LogP contribution in [0.3, 0.4) is 0 Å². The van der Waals surface area contributed by atoms with Crippen LogP contribution < -0.4 is 10.2 Å². The standard InChI is InChI=1S/C22H24N2O3/c25-21(17-6-8-20(9-7-17)24-10-12-27-13-11-24)15-23-22(26)19-5-4-16-2-1-3-18(16)14-19/h4-9,14H,1-3,10-13,15H2,(H,23,26). The van der Waals surface area contributed by atoms with Gasteiger partial charge in [-0.25, -0.2) is 0 Å².